The SMILES string of the molecule is C/C=C/CN1CCN(c2ccc([N+](=O)[O-])c(NC(c3ccccc3)c3ccccc3)c2)CC1. The van der Waals surface area contributed by atoms with Crippen LogP contribution in [-0.4, -0.2) is 42.5 Å². The summed E-state index contributed by atoms with van der Waals surface area (Å²) < 4.78 is 0. The minimum absolute atomic E-state index is 0.0855. The standard InChI is InChI=1S/C27H30N4O2/c1-2-3-16-29-17-19-30(20-18-29)24-14-15-26(31(32)33)25(21-24)28-27(22-10-6-4-7-11-22)23-12-8-5-9-13-23/h2-15,21,27-28H,16-20H2,1H3/b3-2+. The van der Waals surface area contributed by atoms with Gasteiger partial charge in [0.1, 0.15) is 5.69 Å². The first kappa shape index (κ1) is 22.6. The maximum atomic E-state index is 11.8. The molecule has 0 spiro atoms. The molecular weight excluding hydrogens is 412 g/mol. The van der Waals surface area contributed by atoms with E-state index in [2.05, 4.69) is 27.3 Å². The zero-order valence-corrected chi connectivity index (χ0v) is 18.9. The zero-order chi connectivity index (χ0) is 23.0. The summed E-state index contributed by atoms with van der Waals surface area (Å²) in [6.45, 7) is 6.75. The lowest BCUT2D eigenvalue weighted by atomic mass is 9.98. The minimum atomic E-state index is -0.311. The molecule has 0 bridgehead atoms. The van der Waals surface area contributed by atoms with Crippen molar-refractivity contribution in [2.45, 2.75) is 13.0 Å². The Morgan fingerprint density at radius 1 is 0.939 bits per heavy atom. The van der Waals surface area contributed by atoms with Crippen molar-refractivity contribution in [3.63, 3.8) is 0 Å². The van der Waals surface area contributed by atoms with Gasteiger partial charge in [-0.1, -0.05) is 72.8 Å². The summed E-state index contributed by atoms with van der Waals surface area (Å²) in [5.74, 6) is 0. The van der Waals surface area contributed by atoms with Crippen molar-refractivity contribution >= 4 is 17.1 Å². The summed E-state index contributed by atoms with van der Waals surface area (Å²) in [5, 5.41) is 15.3. The molecule has 6 nitrogen and oxygen atoms in total. The van der Waals surface area contributed by atoms with E-state index in [0.717, 1.165) is 49.5 Å². The molecule has 1 N–H and O–H groups in total. The fourth-order valence-electron chi connectivity index (χ4n) is 4.24. The van der Waals surface area contributed by atoms with Crippen molar-refractivity contribution in [1.82, 2.24) is 4.90 Å². The van der Waals surface area contributed by atoms with Gasteiger partial charge >= 0.3 is 0 Å². The molecule has 0 saturated carbocycles. The number of hydrogen-bond acceptors (Lipinski definition) is 5. The molecule has 170 valence electrons. The van der Waals surface area contributed by atoms with Gasteiger partial charge in [-0.2, -0.15) is 0 Å². The van der Waals surface area contributed by atoms with Gasteiger partial charge in [0.2, 0.25) is 0 Å². The van der Waals surface area contributed by atoms with Crippen LogP contribution >= 0.6 is 0 Å². The lowest BCUT2D eigenvalue weighted by Crippen LogP contribution is -2.46. The molecule has 6 heteroatoms. The second-order valence-electron chi connectivity index (χ2n) is 8.21. The molecule has 1 fully saturated rings. The average Bonchev–Trinajstić information content (AvgIpc) is 2.87. The molecule has 3 aromatic rings. The average molecular weight is 443 g/mol. The molecule has 3 aromatic carbocycles. The third-order valence-electron chi connectivity index (χ3n) is 6.08. The topological polar surface area (TPSA) is 61.7 Å². The zero-order valence-electron chi connectivity index (χ0n) is 18.9. The normalized spacial score (nSPS) is 14.7. The molecule has 4 rings (SSSR count). The molecule has 0 aromatic heterocycles. The van der Waals surface area contributed by atoms with Gasteiger partial charge < -0.3 is 10.2 Å². The van der Waals surface area contributed by atoms with Crippen molar-refractivity contribution in [3.8, 4) is 0 Å². The van der Waals surface area contributed by atoms with E-state index in [1.807, 2.05) is 79.7 Å². The number of anilines is 2. The highest BCUT2D eigenvalue weighted by molar-refractivity contribution is 5.70. The van der Waals surface area contributed by atoms with E-state index in [0.29, 0.717) is 5.69 Å². The largest absolute Gasteiger partial charge is 0.369 e. The molecule has 0 amide bonds. The van der Waals surface area contributed by atoms with E-state index < -0.39 is 0 Å². The molecule has 1 heterocycles. The molecule has 1 saturated heterocycles. The van der Waals surface area contributed by atoms with Crippen LogP contribution in [0, 0.1) is 10.1 Å². The Hall–Kier alpha value is -3.64. The summed E-state index contributed by atoms with van der Waals surface area (Å²) in [4.78, 5) is 16.3. The van der Waals surface area contributed by atoms with Gasteiger partial charge in [0, 0.05) is 44.5 Å². The van der Waals surface area contributed by atoms with E-state index in [1.165, 1.54) is 0 Å². The predicted octanol–water partition coefficient (Wildman–Crippen LogP) is 5.49. The van der Waals surface area contributed by atoms with Crippen molar-refractivity contribution in [3.05, 3.63) is 112 Å². The summed E-state index contributed by atoms with van der Waals surface area (Å²) in [7, 11) is 0. The number of nitro benzene ring substituents is 1. The number of nitrogens with one attached hydrogen (secondary N) is 1. The van der Waals surface area contributed by atoms with E-state index >= 15 is 0 Å². The van der Waals surface area contributed by atoms with E-state index in [9.17, 15) is 10.1 Å². The molecular formula is C27H30N4O2. The Morgan fingerprint density at radius 2 is 1.55 bits per heavy atom. The van der Waals surface area contributed by atoms with Gasteiger partial charge in [0.25, 0.3) is 5.69 Å². The second kappa shape index (κ2) is 10.8. The number of rotatable bonds is 8. The summed E-state index contributed by atoms with van der Waals surface area (Å²) in [6.07, 6.45) is 4.26. The molecule has 33 heavy (non-hydrogen) atoms. The van der Waals surface area contributed by atoms with Crippen LogP contribution in [0.3, 0.4) is 0 Å². The lowest BCUT2D eigenvalue weighted by molar-refractivity contribution is -0.384. The Kier molecular flexibility index (Phi) is 7.37. The maximum absolute atomic E-state index is 11.8. The van der Waals surface area contributed by atoms with Crippen LogP contribution in [0.5, 0.6) is 0 Å². The summed E-state index contributed by atoms with van der Waals surface area (Å²) in [5.41, 5.74) is 3.74. The summed E-state index contributed by atoms with van der Waals surface area (Å²) in [6, 6.07) is 25.3. The number of hydrogen-bond donors (Lipinski definition) is 1. The monoisotopic (exact) mass is 442 g/mol. The Labute approximate surface area is 195 Å². The van der Waals surface area contributed by atoms with E-state index in [4.69, 9.17) is 0 Å². The van der Waals surface area contributed by atoms with Crippen molar-refractivity contribution in [2.24, 2.45) is 0 Å². The molecule has 0 unspecified atom stereocenters. The van der Waals surface area contributed by atoms with Crippen LogP contribution in [0.15, 0.2) is 91.0 Å². The number of benzene rings is 3. The minimum Gasteiger partial charge on any atom is -0.369 e. The first-order chi connectivity index (χ1) is 16.2. The van der Waals surface area contributed by atoms with E-state index in [1.54, 1.807) is 6.07 Å². The third-order valence-corrected chi connectivity index (χ3v) is 6.08. The molecule has 0 radical (unpaired) electrons. The second-order valence-corrected chi connectivity index (χ2v) is 8.21. The first-order valence-electron chi connectivity index (χ1n) is 11.4. The fraction of sp³-hybridized carbons (Fsp3) is 0.259. The highest BCUT2D eigenvalue weighted by Crippen LogP contribution is 2.35. The quantitative estimate of drug-likeness (QED) is 0.284. The summed E-state index contributed by atoms with van der Waals surface area (Å²) >= 11 is 0. The van der Waals surface area contributed by atoms with Crippen LogP contribution < -0.4 is 10.2 Å². The molecule has 0 aliphatic carbocycles. The third kappa shape index (κ3) is 5.59. The molecule has 1 aliphatic rings. The van der Waals surface area contributed by atoms with E-state index in [-0.39, 0.29) is 16.7 Å². The molecule has 1 aliphatic heterocycles. The fourth-order valence-corrected chi connectivity index (χ4v) is 4.24. The van der Waals surface area contributed by atoms with Crippen LogP contribution in [0.2, 0.25) is 0 Å². The maximum Gasteiger partial charge on any atom is 0.292 e. The number of allylic oxidation sites excluding steroid dienone is 1. The van der Waals surface area contributed by atoms with Crippen LogP contribution in [0.25, 0.3) is 0 Å². The number of nitro groups is 1. The highest BCUT2D eigenvalue weighted by Gasteiger charge is 2.23. The number of piperazine rings is 1. The van der Waals surface area contributed by atoms with Gasteiger partial charge in [-0.05, 0) is 30.2 Å². The first-order valence-corrected chi connectivity index (χ1v) is 11.4. The lowest BCUT2D eigenvalue weighted by Gasteiger charge is -2.35. The van der Waals surface area contributed by atoms with Crippen molar-refractivity contribution in [1.29, 1.82) is 0 Å². The highest BCUT2D eigenvalue weighted by atomic mass is 16.6. The van der Waals surface area contributed by atoms with Crippen molar-refractivity contribution in [2.75, 3.05) is 42.9 Å². The van der Waals surface area contributed by atoms with Gasteiger partial charge in [0.15, 0.2) is 0 Å². The smallest absolute Gasteiger partial charge is 0.292 e. The van der Waals surface area contributed by atoms with Crippen LogP contribution in [-0.2, 0) is 0 Å². The van der Waals surface area contributed by atoms with Gasteiger partial charge in [-0.25, -0.2) is 0 Å². The Bertz CT molecular complexity index is 1040. The Balaban J connectivity index is 1.62. The number of nitrogens with zero attached hydrogens (tertiary/aromatic N) is 3. The van der Waals surface area contributed by atoms with Gasteiger partial charge in [-0.15, -0.1) is 0 Å². The molecule has 0 atom stereocenters. The van der Waals surface area contributed by atoms with Gasteiger partial charge in [-0.3, -0.25) is 15.0 Å². The predicted molar refractivity (Wildman–Crippen MR) is 135 cm³/mol. The van der Waals surface area contributed by atoms with Crippen LogP contribution in [0.4, 0.5) is 17.1 Å². The van der Waals surface area contributed by atoms with Crippen LogP contribution in [0.1, 0.15) is 24.1 Å². The van der Waals surface area contributed by atoms with Gasteiger partial charge in [0.05, 0.1) is 11.0 Å². The Morgan fingerprint density at radius 3 is 2.09 bits per heavy atom. The van der Waals surface area contributed by atoms with Crippen molar-refractivity contribution < 1.29 is 4.92 Å².